The van der Waals surface area contributed by atoms with Crippen LogP contribution in [0.25, 0.3) is 5.69 Å². The van der Waals surface area contributed by atoms with Crippen LogP contribution < -0.4 is 5.32 Å². The maximum absolute atomic E-state index is 12.5. The first-order valence-corrected chi connectivity index (χ1v) is 10.9. The lowest BCUT2D eigenvalue weighted by molar-refractivity contribution is 0.124. The van der Waals surface area contributed by atoms with Crippen LogP contribution in [0.4, 0.5) is 4.79 Å². The summed E-state index contributed by atoms with van der Waals surface area (Å²) in [6.45, 7) is 4.68. The van der Waals surface area contributed by atoms with Gasteiger partial charge in [-0.3, -0.25) is 4.90 Å². The monoisotopic (exact) mass is 385 g/mol. The zero-order valence-corrected chi connectivity index (χ0v) is 16.4. The van der Waals surface area contributed by atoms with E-state index in [1.165, 1.54) is 24.6 Å². The average Bonchev–Trinajstić information content (AvgIpc) is 3.28. The number of likely N-dealkylation sites (tertiary alicyclic amines) is 1. The van der Waals surface area contributed by atoms with E-state index in [1.54, 1.807) is 6.20 Å². The molecule has 0 atom stereocenters. The van der Waals surface area contributed by atoms with Crippen molar-refractivity contribution in [3.8, 4) is 5.69 Å². The highest BCUT2D eigenvalue weighted by atomic mass is 32.2. The third kappa shape index (κ3) is 4.65. The van der Waals surface area contributed by atoms with Gasteiger partial charge in [-0.2, -0.15) is 16.9 Å². The van der Waals surface area contributed by atoms with Gasteiger partial charge in [0.2, 0.25) is 0 Å². The van der Waals surface area contributed by atoms with Gasteiger partial charge in [0.05, 0.1) is 5.69 Å². The molecule has 0 spiro atoms. The molecule has 1 N–H and O–H groups in total. The second-order valence-corrected chi connectivity index (χ2v) is 8.37. The topological polar surface area (TPSA) is 53.4 Å². The Hall–Kier alpha value is -1.99. The minimum atomic E-state index is 0.0544. The second kappa shape index (κ2) is 8.80. The van der Waals surface area contributed by atoms with Crippen molar-refractivity contribution in [1.29, 1.82) is 0 Å². The number of hydrogen-bond donors (Lipinski definition) is 1. The summed E-state index contributed by atoms with van der Waals surface area (Å²) in [6.07, 6.45) is 5.87. The summed E-state index contributed by atoms with van der Waals surface area (Å²) >= 11 is 2.05. The van der Waals surface area contributed by atoms with Gasteiger partial charge in [-0.25, -0.2) is 9.48 Å². The lowest BCUT2D eigenvalue weighted by Crippen LogP contribution is -2.51. The molecule has 2 aromatic rings. The van der Waals surface area contributed by atoms with Gasteiger partial charge in [0.1, 0.15) is 0 Å². The summed E-state index contributed by atoms with van der Waals surface area (Å²) in [7, 11) is 0. The van der Waals surface area contributed by atoms with Gasteiger partial charge in [0.15, 0.2) is 0 Å². The molecule has 0 bridgehead atoms. The van der Waals surface area contributed by atoms with Gasteiger partial charge >= 0.3 is 6.03 Å². The van der Waals surface area contributed by atoms with Gasteiger partial charge in [-0.1, -0.05) is 12.1 Å². The molecule has 2 amide bonds. The van der Waals surface area contributed by atoms with Gasteiger partial charge in [-0.05, 0) is 36.6 Å². The Balaban J connectivity index is 1.23. The fourth-order valence-corrected chi connectivity index (χ4v) is 4.79. The molecule has 3 heterocycles. The van der Waals surface area contributed by atoms with Crippen LogP contribution in [0.1, 0.15) is 18.4 Å². The molecule has 2 aliphatic rings. The summed E-state index contributed by atoms with van der Waals surface area (Å²) in [4.78, 5) is 17.1. The van der Waals surface area contributed by atoms with Crippen LogP contribution in [0.2, 0.25) is 0 Å². The zero-order valence-electron chi connectivity index (χ0n) is 15.6. The van der Waals surface area contributed by atoms with E-state index < -0.39 is 0 Å². The average molecular weight is 386 g/mol. The van der Waals surface area contributed by atoms with Crippen LogP contribution in [-0.4, -0.2) is 69.3 Å². The van der Waals surface area contributed by atoms with Crippen LogP contribution >= 0.6 is 11.8 Å². The zero-order chi connectivity index (χ0) is 18.5. The maximum Gasteiger partial charge on any atom is 0.317 e. The van der Waals surface area contributed by atoms with Crippen molar-refractivity contribution in [2.45, 2.75) is 25.4 Å². The number of carbonyl (C=O) groups excluding carboxylic acids is 1. The van der Waals surface area contributed by atoms with E-state index in [-0.39, 0.29) is 6.03 Å². The second-order valence-electron chi connectivity index (χ2n) is 7.14. The Kier molecular flexibility index (Phi) is 5.99. The van der Waals surface area contributed by atoms with E-state index in [1.807, 2.05) is 46.1 Å². The molecule has 27 heavy (non-hydrogen) atoms. The lowest BCUT2D eigenvalue weighted by atomic mass is 10.0. The smallest absolute Gasteiger partial charge is 0.317 e. The Morgan fingerprint density at radius 3 is 2.52 bits per heavy atom. The third-order valence-electron chi connectivity index (χ3n) is 5.46. The molecule has 2 fully saturated rings. The Morgan fingerprint density at radius 1 is 1.11 bits per heavy atom. The highest BCUT2D eigenvalue weighted by Crippen LogP contribution is 2.20. The minimum absolute atomic E-state index is 0.0544. The van der Waals surface area contributed by atoms with Crippen molar-refractivity contribution < 1.29 is 4.79 Å². The number of piperidine rings is 1. The molecule has 4 rings (SSSR count). The fraction of sp³-hybridized carbons (Fsp3) is 0.500. The number of nitrogens with one attached hydrogen (secondary N) is 1. The first-order valence-electron chi connectivity index (χ1n) is 9.73. The van der Waals surface area contributed by atoms with Crippen LogP contribution in [0.3, 0.4) is 0 Å². The number of carbonyl (C=O) groups is 1. The Morgan fingerprint density at radius 2 is 1.85 bits per heavy atom. The van der Waals surface area contributed by atoms with Gasteiger partial charge < -0.3 is 10.2 Å². The first kappa shape index (κ1) is 18.4. The number of thioether (sulfide) groups is 1. The molecule has 2 saturated heterocycles. The van der Waals surface area contributed by atoms with Crippen molar-refractivity contribution in [3.05, 3.63) is 48.3 Å². The molecule has 6 nitrogen and oxygen atoms in total. The molecule has 0 aliphatic carbocycles. The van der Waals surface area contributed by atoms with Gasteiger partial charge in [-0.15, -0.1) is 0 Å². The van der Waals surface area contributed by atoms with Gasteiger partial charge in [0, 0.05) is 62.7 Å². The van der Waals surface area contributed by atoms with E-state index in [9.17, 15) is 4.79 Å². The molecular formula is C20H27N5OS. The van der Waals surface area contributed by atoms with E-state index in [4.69, 9.17) is 0 Å². The summed E-state index contributed by atoms with van der Waals surface area (Å²) in [6, 6.07) is 10.7. The lowest BCUT2D eigenvalue weighted by Gasteiger charge is -2.40. The highest BCUT2D eigenvalue weighted by molar-refractivity contribution is 7.99. The highest BCUT2D eigenvalue weighted by Gasteiger charge is 2.27. The largest absolute Gasteiger partial charge is 0.334 e. The normalized spacial score (nSPS) is 19.2. The molecule has 1 aromatic carbocycles. The number of benzene rings is 1. The number of amides is 2. The molecular weight excluding hydrogens is 358 g/mol. The van der Waals surface area contributed by atoms with Gasteiger partial charge in [0.25, 0.3) is 0 Å². The maximum atomic E-state index is 12.5. The molecule has 2 aliphatic heterocycles. The van der Waals surface area contributed by atoms with Crippen LogP contribution in [0.5, 0.6) is 0 Å². The third-order valence-corrected chi connectivity index (χ3v) is 6.41. The quantitative estimate of drug-likeness (QED) is 0.879. The predicted octanol–water partition coefficient (Wildman–Crippen LogP) is 2.60. The summed E-state index contributed by atoms with van der Waals surface area (Å²) in [5, 5.41) is 7.29. The number of hydrogen-bond acceptors (Lipinski definition) is 4. The number of rotatable bonds is 4. The SMILES string of the molecule is O=C(NCc1ccc(-n2cccn2)cc1)N1CCC(N2CCSCC2)CC1. The molecule has 0 unspecified atom stereocenters. The fourth-order valence-electron chi connectivity index (χ4n) is 3.85. The predicted molar refractivity (Wildman–Crippen MR) is 109 cm³/mol. The van der Waals surface area contributed by atoms with E-state index >= 15 is 0 Å². The van der Waals surface area contributed by atoms with E-state index in [0.717, 1.165) is 37.2 Å². The molecule has 0 saturated carbocycles. The Labute approximate surface area is 164 Å². The van der Waals surface area contributed by atoms with Crippen molar-refractivity contribution in [2.24, 2.45) is 0 Å². The van der Waals surface area contributed by atoms with E-state index in [2.05, 4.69) is 27.1 Å². The number of urea groups is 1. The minimum Gasteiger partial charge on any atom is -0.334 e. The van der Waals surface area contributed by atoms with Crippen molar-refractivity contribution in [1.82, 2.24) is 24.9 Å². The molecule has 7 heteroatoms. The first-order chi connectivity index (χ1) is 13.3. The van der Waals surface area contributed by atoms with Crippen LogP contribution in [0, 0.1) is 0 Å². The number of aromatic nitrogens is 2. The molecule has 144 valence electrons. The van der Waals surface area contributed by atoms with Crippen LogP contribution in [-0.2, 0) is 6.54 Å². The van der Waals surface area contributed by atoms with Crippen molar-refractivity contribution >= 4 is 17.8 Å². The summed E-state index contributed by atoms with van der Waals surface area (Å²) < 4.78 is 1.83. The van der Waals surface area contributed by atoms with Crippen molar-refractivity contribution in [2.75, 3.05) is 37.7 Å². The van der Waals surface area contributed by atoms with Crippen LogP contribution in [0.15, 0.2) is 42.7 Å². The summed E-state index contributed by atoms with van der Waals surface area (Å²) in [5.74, 6) is 2.50. The van der Waals surface area contributed by atoms with E-state index in [0.29, 0.717) is 12.6 Å². The molecule has 1 aromatic heterocycles. The molecule has 0 radical (unpaired) electrons. The standard InChI is InChI=1S/C20H27N5OS/c26-20(24-10-6-18(7-11-24)23-12-14-27-15-13-23)21-16-17-2-4-19(5-3-17)25-9-1-8-22-25/h1-5,8-9,18H,6-7,10-16H2,(H,21,26). The van der Waals surface area contributed by atoms with Crippen molar-refractivity contribution in [3.63, 3.8) is 0 Å². The Bertz CT molecular complexity index is 719. The summed E-state index contributed by atoms with van der Waals surface area (Å²) in [5.41, 5.74) is 2.12. The number of nitrogens with zero attached hydrogens (tertiary/aromatic N) is 4.